The lowest BCUT2D eigenvalue weighted by atomic mass is 10.3. The van der Waals surface area contributed by atoms with E-state index in [1.165, 1.54) is 7.11 Å². The summed E-state index contributed by atoms with van der Waals surface area (Å²) in [6.45, 7) is 0.0615. The Hall–Kier alpha value is -2.00. The van der Waals surface area contributed by atoms with Crippen molar-refractivity contribution in [3.8, 4) is 0 Å². The number of nitro benzene ring substituents is 1. The zero-order valence-corrected chi connectivity index (χ0v) is 10.7. The molecule has 0 amide bonds. The van der Waals surface area contributed by atoms with Gasteiger partial charge in [-0.1, -0.05) is 0 Å². The summed E-state index contributed by atoms with van der Waals surface area (Å²) in [6, 6.07) is 3.68. The van der Waals surface area contributed by atoms with Crippen molar-refractivity contribution in [2.24, 2.45) is 0 Å². The van der Waals surface area contributed by atoms with Crippen LogP contribution in [-0.2, 0) is 19.6 Å². The number of esters is 1. The Labute approximate surface area is 108 Å². The zero-order valence-electron chi connectivity index (χ0n) is 9.85. The maximum Gasteiger partial charge on any atom is 0.325 e. The Morgan fingerprint density at radius 2 is 2.00 bits per heavy atom. The smallest absolute Gasteiger partial charge is 0.325 e. The number of rotatable bonds is 4. The molecule has 1 heterocycles. The molecule has 1 aromatic carbocycles. The molecule has 0 saturated carbocycles. The van der Waals surface area contributed by atoms with Crippen LogP contribution in [0, 0.1) is 10.1 Å². The number of hydrogen-bond donors (Lipinski definition) is 0. The van der Waals surface area contributed by atoms with Gasteiger partial charge in [-0.3, -0.25) is 14.9 Å². The standard InChI is InChI=1S/C10H10N2O6S/c1-18-10(13)9-6-11(9)19(16,17)8-4-2-7(3-5-8)12(14)15/h2-5,9H,6H2,1H3/t9-,11?/m0/s1. The van der Waals surface area contributed by atoms with Crippen LogP contribution in [0.4, 0.5) is 5.69 Å². The van der Waals surface area contributed by atoms with Crippen LogP contribution in [0.25, 0.3) is 0 Å². The van der Waals surface area contributed by atoms with E-state index in [1.807, 2.05) is 0 Å². The minimum absolute atomic E-state index is 0.0615. The van der Waals surface area contributed by atoms with Gasteiger partial charge in [-0.05, 0) is 12.1 Å². The summed E-state index contributed by atoms with van der Waals surface area (Å²) in [4.78, 5) is 20.9. The number of benzene rings is 1. The van der Waals surface area contributed by atoms with Gasteiger partial charge in [-0.2, -0.15) is 4.31 Å². The lowest BCUT2D eigenvalue weighted by molar-refractivity contribution is -0.384. The average Bonchev–Trinajstić information content (AvgIpc) is 3.18. The summed E-state index contributed by atoms with van der Waals surface area (Å²) in [6.07, 6.45) is 0. The summed E-state index contributed by atoms with van der Waals surface area (Å²) in [7, 11) is -2.62. The van der Waals surface area contributed by atoms with Crippen LogP contribution in [0.5, 0.6) is 0 Å². The highest BCUT2D eigenvalue weighted by Crippen LogP contribution is 2.29. The van der Waals surface area contributed by atoms with E-state index in [4.69, 9.17) is 0 Å². The topological polar surface area (TPSA) is 107 Å². The fraction of sp³-hybridized carbons (Fsp3) is 0.300. The first-order valence-corrected chi connectivity index (χ1v) is 6.66. The van der Waals surface area contributed by atoms with E-state index in [0.29, 0.717) is 0 Å². The van der Waals surface area contributed by atoms with Gasteiger partial charge < -0.3 is 4.74 Å². The van der Waals surface area contributed by atoms with Gasteiger partial charge in [0, 0.05) is 18.7 Å². The Balaban J connectivity index is 2.22. The SMILES string of the molecule is COC(=O)[C@@H]1CN1S(=O)(=O)c1ccc([N+](=O)[O-])cc1. The minimum Gasteiger partial charge on any atom is -0.468 e. The number of nitrogens with zero attached hydrogens (tertiary/aromatic N) is 2. The van der Waals surface area contributed by atoms with Crippen molar-refractivity contribution >= 4 is 21.7 Å². The van der Waals surface area contributed by atoms with E-state index in [1.54, 1.807) is 0 Å². The van der Waals surface area contributed by atoms with Crippen molar-refractivity contribution in [3.63, 3.8) is 0 Å². The van der Waals surface area contributed by atoms with Crippen LogP contribution in [0.3, 0.4) is 0 Å². The Morgan fingerprint density at radius 3 is 2.47 bits per heavy atom. The molecule has 0 radical (unpaired) electrons. The highest BCUT2D eigenvalue weighted by molar-refractivity contribution is 7.89. The van der Waals surface area contributed by atoms with E-state index in [-0.39, 0.29) is 17.1 Å². The van der Waals surface area contributed by atoms with Gasteiger partial charge >= 0.3 is 5.97 Å². The molecule has 1 fully saturated rings. The van der Waals surface area contributed by atoms with Crippen molar-refractivity contribution in [1.29, 1.82) is 0 Å². The molecule has 19 heavy (non-hydrogen) atoms. The second-order valence-electron chi connectivity index (χ2n) is 3.86. The summed E-state index contributed by atoms with van der Waals surface area (Å²) >= 11 is 0. The number of non-ortho nitro benzene ring substituents is 1. The summed E-state index contributed by atoms with van der Waals surface area (Å²) in [5.41, 5.74) is -0.200. The molecule has 0 bridgehead atoms. The largest absolute Gasteiger partial charge is 0.468 e. The average molecular weight is 286 g/mol. The van der Waals surface area contributed by atoms with Crippen molar-refractivity contribution in [2.45, 2.75) is 10.9 Å². The van der Waals surface area contributed by atoms with Gasteiger partial charge in [-0.25, -0.2) is 8.42 Å². The molecule has 0 spiro atoms. The highest BCUT2D eigenvalue weighted by atomic mass is 32.2. The zero-order chi connectivity index (χ0) is 14.2. The Morgan fingerprint density at radius 1 is 1.42 bits per heavy atom. The first kappa shape index (κ1) is 13.4. The van der Waals surface area contributed by atoms with Gasteiger partial charge in [0.15, 0.2) is 0 Å². The van der Waals surface area contributed by atoms with E-state index in [9.17, 15) is 23.3 Å². The van der Waals surface area contributed by atoms with Crippen LogP contribution in [0.2, 0.25) is 0 Å². The molecule has 1 saturated heterocycles. The molecule has 8 nitrogen and oxygen atoms in total. The van der Waals surface area contributed by atoms with Crippen molar-refractivity contribution in [3.05, 3.63) is 34.4 Å². The van der Waals surface area contributed by atoms with Crippen molar-refractivity contribution in [1.82, 2.24) is 4.31 Å². The second-order valence-corrected chi connectivity index (χ2v) is 5.76. The molecule has 0 aromatic heterocycles. The number of methoxy groups -OCH3 is 1. The molecule has 1 aliphatic rings. The molecule has 9 heteroatoms. The normalized spacial score (nSPS) is 21.7. The fourth-order valence-corrected chi connectivity index (χ4v) is 3.10. The van der Waals surface area contributed by atoms with Crippen molar-refractivity contribution < 1.29 is 22.9 Å². The molecule has 1 aromatic rings. The van der Waals surface area contributed by atoms with Crippen LogP contribution >= 0.6 is 0 Å². The Bertz CT molecular complexity index is 624. The molecule has 0 aliphatic carbocycles. The first-order valence-electron chi connectivity index (χ1n) is 5.22. The summed E-state index contributed by atoms with van der Waals surface area (Å²) < 4.78 is 29.5. The predicted molar refractivity (Wildman–Crippen MR) is 62.8 cm³/mol. The second kappa shape index (κ2) is 4.59. The van der Waals surface area contributed by atoms with Gasteiger partial charge in [0.05, 0.1) is 16.9 Å². The first-order chi connectivity index (χ1) is 8.87. The molecule has 0 N–H and O–H groups in total. The number of ether oxygens (including phenoxy) is 1. The van der Waals surface area contributed by atoms with Gasteiger partial charge in [-0.15, -0.1) is 0 Å². The van der Waals surface area contributed by atoms with E-state index in [2.05, 4.69) is 4.74 Å². The molecule has 1 unspecified atom stereocenters. The summed E-state index contributed by atoms with van der Waals surface area (Å²) in [5, 5.41) is 10.5. The van der Waals surface area contributed by atoms with Crippen LogP contribution in [0.1, 0.15) is 0 Å². The predicted octanol–water partition coefficient (Wildman–Crippen LogP) is 0.141. The highest BCUT2D eigenvalue weighted by Gasteiger charge is 2.50. The monoisotopic (exact) mass is 286 g/mol. The fourth-order valence-electron chi connectivity index (χ4n) is 1.59. The maximum atomic E-state index is 12.1. The molecule has 2 rings (SSSR count). The van der Waals surface area contributed by atoms with E-state index < -0.39 is 27.0 Å². The van der Waals surface area contributed by atoms with Crippen molar-refractivity contribution in [2.75, 3.05) is 13.7 Å². The van der Waals surface area contributed by atoms with Crippen LogP contribution < -0.4 is 0 Å². The van der Waals surface area contributed by atoms with Crippen LogP contribution in [0.15, 0.2) is 29.2 Å². The van der Waals surface area contributed by atoms with Gasteiger partial charge in [0.1, 0.15) is 6.04 Å². The molecule has 1 aliphatic heterocycles. The van der Waals surface area contributed by atoms with E-state index in [0.717, 1.165) is 28.6 Å². The number of carbonyl (C=O) groups is 1. The third-order valence-electron chi connectivity index (χ3n) is 2.69. The maximum absolute atomic E-state index is 12.1. The quantitative estimate of drug-likeness (QED) is 0.337. The number of hydrogen-bond acceptors (Lipinski definition) is 6. The lowest BCUT2D eigenvalue weighted by Crippen LogP contribution is -2.20. The Kier molecular flexibility index (Phi) is 3.25. The molecular weight excluding hydrogens is 276 g/mol. The third-order valence-corrected chi connectivity index (χ3v) is 4.58. The third kappa shape index (κ3) is 2.42. The molecule has 2 atom stereocenters. The number of sulfonamides is 1. The van der Waals surface area contributed by atoms with Gasteiger partial charge in [0.2, 0.25) is 10.0 Å². The lowest BCUT2D eigenvalue weighted by Gasteiger charge is -2.05. The number of carbonyl (C=O) groups excluding carboxylic acids is 1. The summed E-state index contributed by atoms with van der Waals surface area (Å²) in [5.74, 6) is -0.620. The molecule has 102 valence electrons. The van der Waals surface area contributed by atoms with Gasteiger partial charge in [0.25, 0.3) is 5.69 Å². The van der Waals surface area contributed by atoms with E-state index >= 15 is 0 Å². The number of nitro groups is 1. The van der Waals surface area contributed by atoms with Crippen LogP contribution in [-0.4, -0.2) is 43.3 Å². The molecular formula is C10H10N2O6S. The minimum atomic E-state index is -3.80.